The number of hydrogen-bond acceptors (Lipinski definition) is 0. The van der Waals surface area contributed by atoms with Gasteiger partial charge >= 0.3 is 0 Å². The molecule has 0 N–H and O–H groups in total. The molecule has 0 fully saturated rings. The highest BCUT2D eigenvalue weighted by Crippen LogP contribution is 2.45. The minimum Gasteiger partial charge on any atom is -0.233 e. The Hall–Kier alpha value is -2.29. The molecule has 0 amide bonds. The summed E-state index contributed by atoms with van der Waals surface area (Å²) in [6.45, 7) is 2.14. The first-order chi connectivity index (χ1) is 12.0. The molecule has 0 saturated carbocycles. The zero-order chi connectivity index (χ0) is 17.9. The third kappa shape index (κ3) is 3.55. The van der Waals surface area contributed by atoms with Crippen molar-refractivity contribution in [2.75, 3.05) is 0 Å². The number of benzene rings is 2. The van der Waals surface area contributed by atoms with Gasteiger partial charge in [-0.3, -0.25) is 0 Å². The van der Waals surface area contributed by atoms with Crippen molar-refractivity contribution in [3.05, 3.63) is 89.0 Å². The first-order valence-corrected chi connectivity index (χ1v) is 8.65. The van der Waals surface area contributed by atoms with E-state index in [1.54, 1.807) is 30.4 Å². The molecule has 0 aromatic heterocycles. The van der Waals surface area contributed by atoms with Crippen LogP contribution in [0, 0.1) is 11.6 Å². The van der Waals surface area contributed by atoms with E-state index >= 15 is 4.39 Å². The summed E-state index contributed by atoms with van der Waals surface area (Å²) in [7, 11) is 0. The van der Waals surface area contributed by atoms with Crippen LogP contribution in [0.15, 0.2) is 60.7 Å². The molecule has 2 aromatic rings. The van der Waals surface area contributed by atoms with E-state index < -0.39 is 17.3 Å². The minimum atomic E-state index is -1.75. The monoisotopic (exact) mass is 342 g/mol. The van der Waals surface area contributed by atoms with E-state index in [0.29, 0.717) is 16.7 Å². The Morgan fingerprint density at radius 3 is 2.44 bits per heavy atom. The van der Waals surface area contributed by atoms with Crippen LogP contribution in [-0.4, -0.2) is 0 Å². The Labute approximate surface area is 146 Å². The highest BCUT2D eigenvalue weighted by Gasteiger charge is 2.37. The lowest BCUT2D eigenvalue weighted by molar-refractivity contribution is 0.249. The van der Waals surface area contributed by atoms with Crippen LogP contribution in [0.1, 0.15) is 42.9 Å². The Kier molecular flexibility index (Phi) is 5.12. The van der Waals surface area contributed by atoms with Gasteiger partial charge in [0, 0.05) is 12.0 Å². The fourth-order valence-corrected chi connectivity index (χ4v) is 3.22. The van der Waals surface area contributed by atoms with Gasteiger partial charge < -0.3 is 0 Å². The maximum Gasteiger partial charge on any atom is 0.165 e. The van der Waals surface area contributed by atoms with Crippen LogP contribution in [0.4, 0.5) is 13.2 Å². The molecule has 0 bridgehead atoms. The normalized spacial score (nSPS) is 19.8. The highest BCUT2D eigenvalue weighted by atomic mass is 19.2. The summed E-state index contributed by atoms with van der Waals surface area (Å²) in [5.74, 6) is -1.90. The number of aryl methyl sites for hydroxylation is 1. The van der Waals surface area contributed by atoms with E-state index in [2.05, 4.69) is 6.92 Å². The largest absolute Gasteiger partial charge is 0.233 e. The fraction of sp³-hybridized carbons (Fsp3) is 0.273. The first-order valence-electron chi connectivity index (χ1n) is 8.65. The summed E-state index contributed by atoms with van der Waals surface area (Å²) in [4.78, 5) is 0. The van der Waals surface area contributed by atoms with Crippen molar-refractivity contribution in [3.8, 4) is 0 Å². The second-order valence-electron chi connectivity index (χ2n) is 6.44. The lowest BCUT2D eigenvalue weighted by Gasteiger charge is -2.30. The van der Waals surface area contributed by atoms with Gasteiger partial charge in [-0.05, 0) is 41.7 Å². The summed E-state index contributed by atoms with van der Waals surface area (Å²) in [5, 5.41) is 0. The molecule has 0 saturated heterocycles. The average molecular weight is 342 g/mol. The van der Waals surface area contributed by atoms with Crippen LogP contribution in [0.2, 0.25) is 0 Å². The fourth-order valence-electron chi connectivity index (χ4n) is 3.22. The van der Waals surface area contributed by atoms with Crippen molar-refractivity contribution in [2.45, 2.75) is 38.3 Å². The summed E-state index contributed by atoms with van der Waals surface area (Å²) < 4.78 is 42.8. The third-order valence-corrected chi connectivity index (χ3v) is 4.69. The molecule has 1 aliphatic carbocycles. The standard InChI is InChI=1S/C22H21F3/c1-2-3-6-16-8-11-18(12-9-16)22(25)14-5-4-7-19(22)17-10-13-20(23)21(24)15-17/h4-5,7-13,15H,2-3,6,14H2,1H3. The zero-order valence-electron chi connectivity index (χ0n) is 14.2. The van der Waals surface area contributed by atoms with Gasteiger partial charge in [0.1, 0.15) is 0 Å². The molecular weight excluding hydrogens is 321 g/mol. The topological polar surface area (TPSA) is 0 Å². The summed E-state index contributed by atoms with van der Waals surface area (Å²) in [5.41, 5.74) is 0.686. The molecule has 2 aromatic carbocycles. The number of hydrogen-bond donors (Lipinski definition) is 0. The van der Waals surface area contributed by atoms with Crippen molar-refractivity contribution < 1.29 is 13.2 Å². The smallest absolute Gasteiger partial charge is 0.165 e. The molecule has 0 radical (unpaired) electrons. The van der Waals surface area contributed by atoms with Gasteiger partial charge in [-0.15, -0.1) is 0 Å². The van der Waals surface area contributed by atoms with Gasteiger partial charge in [0.2, 0.25) is 0 Å². The van der Waals surface area contributed by atoms with Gasteiger partial charge in [-0.25, -0.2) is 13.2 Å². The zero-order valence-corrected chi connectivity index (χ0v) is 14.2. The Morgan fingerprint density at radius 1 is 1.00 bits per heavy atom. The predicted octanol–water partition coefficient (Wildman–Crippen LogP) is 6.52. The maximum atomic E-state index is 15.9. The van der Waals surface area contributed by atoms with Crippen molar-refractivity contribution in [3.63, 3.8) is 0 Å². The SMILES string of the molecule is CCCCc1ccc(C2(F)CC=CC=C2c2ccc(F)c(F)c2)cc1. The quantitative estimate of drug-likeness (QED) is 0.580. The van der Waals surface area contributed by atoms with E-state index in [1.807, 2.05) is 12.1 Å². The van der Waals surface area contributed by atoms with Gasteiger partial charge in [0.15, 0.2) is 17.3 Å². The summed E-state index contributed by atoms with van der Waals surface area (Å²) >= 11 is 0. The molecule has 0 aliphatic heterocycles. The van der Waals surface area contributed by atoms with Gasteiger partial charge in [-0.2, -0.15) is 0 Å². The minimum absolute atomic E-state index is 0.173. The Morgan fingerprint density at radius 2 is 1.76 bits per heavy atom. The van der Waals surface area contributed by atoms with Gasteiger partial charge in [0.05, 0.1) is 0 Å². The Balaban J connectivity index is 1.96. The molecule has 1 unspecified atom stereocenters. The number of allylic oxidation sites excluding steroid dienone is 4. The molecular formula is C22H21F3. The highest BCUT2D eigenvalue weighted by molar-refractivity contribution is 5.76. The van der Waals surface area contributed by atoms with E-state index in [1.165, 1.54) is 11.6 Å². The van der Waals surface area contributed by atoms with Crippen LogP contribution < -0.4 is 0 Å². The molecule has 1 aliphatic rings. The number of rotatable bonds is 5. The van der Waals surface area contributed by atoms with Crippen LogP contribution in [0.3, 0.4) is 0 Å². The molecule has 3 rings (SSSR count). The van der Waals surface area contributed by atoms with E-state index in [0.717, 1.165) is 31.4 Å². The second-order valence-corrected chi connectivity index (χ2v) is 6.44. The molecule has 25 heavy (non-hydrogen) atoms. The molecule has 130 valence electrons. The molecule has 3 heteroatoms. The first kappa shape index (κ1) is 17.5. The van der Waals surface area contributed by atoms with Crippen LogP contribution >= 0.6 is 0 Å². The van der Waals surface area contributed by atoms with Gasteiger partial charge in [0.25, 0.3) is 0 Å². The van der Waals surface area contributed by atoms with Gasteiger partial charge in [-0.1, -0.05) is 61.9 Å². The summed E-state index contributed by atoms with van der Waals surface area (Å²) in [6.07, 6.45) is 8.51. The van der Waals surface area contributed by atoms with Crippen LogP contribution in [0.25, 0.3) is 5.57 Å². The molecule has 0 heterocycles. The number of halogens is 3. The lowest BCUT2D eigenvalue weighted by atomic mass is 9.78. The van der Waals surface area contributed by atoms with E-state index in [9.17, 15) is 8.78 Å². The second kappa shape index (κ2) is 7.30. The summed E-state index contributed by atoms with van der Waals surface area (Å²) in [6, 6.07) is 11.0. The van der Waals surface area contributed by atoms with E-state index in [4.69, 9.17) is 0 Å². The van der Waals surface area contributed by atoms with Crippen LogP contribution in [-0.2, 0) is 12.1 Å². The number of alkyl halides is 1. The van der Waals surface area contributed by atoms with Crippen molar-refractivity contribution in [1.82, 2.24) is 0 Å². The van der Waals surface area contributed by atoms with Crippen molar-refractivity contribution >= 4 is 5.57 Å². The predicted molar refractivity (Wildman–Crippen MR) is 95.9 cm³/mol. The van der Waals surface area contributed by atoms with Crippen LogP contribution in [0.5, 0.6) is 0 Å². The Bertz CT molecular complexity index is 803. The molecule has 0 nitrogen and oxygen atoms in total. The lowest BCUT2D eigenvalue weighted by Crippen LogP contribution is -2.23. The third-order valence-electron chi connectivity index (χ3n) is 4.69. The molecule has 0 spiro atoms. The number of unbranched alkanes of at least 4 members (excludes halogenated alkanes) is 1. The van der Waals surface area contributed by atoms with Crippen molar-refractivity contribution in [2.24, 2.45) is 0 Å². The molecule has 1 atom stereocenters. The van der Waals surface area contributed by atoms with Crippen molar-refractivity contribution in [1.29, 1.82) is 0 Å². The van der Waals surface area contributed by atoms with E-state index in [-0.39, 0.29) is 6.42 Å². The maximum absolute atomic E-state index is 15.9. The average Bonchev–Trinajstić information content (AvgIpc) is 2.63.